The van der Waals surface area contributed by atoms with Crippen LogP contribution in [0.2, 0.25) is 0 Å². The van der Waals surface area contributed by atoms with Crippen molar-refractivity contribution in [3.63, 3.8) is 0 Å². The van der Waals surface area contributed by atoms with E-state index in [0.717, 1.165) is 6.07 Å². The minimum atomic E-state index is -4.88. The number of ether oxygens (including phenoxy) is 2. The second-order valence-corrected chi connectivity index (χ2v) is 4.19. The fourth-order valence-corrected chi connectivity index (χ4v) is 1.55. The third-order valence-electron chi connectivity index (χ3n) is 2.44. The molecule has 0 aliphatic carbocycles. The van der Waals surface area contributed by atoms with E-state index in [4.69, 9.17) is 4.74 Å². The van der Waals surface area contributed by atoms with Crippen LogP contribution >= 0.6 is 0 Å². The number of halogens is 3. The highest BCUT2D eigenvalue weighted by Crippen LogP contribution is 2.27. The maximum absolute atomic E-state index is 12.2. The largest absolute Gasteiger partial charge is 0.573 e. The molecule has 0 fully saturated rings. The molecule has 0 radical (unpaired) electrons. The summed E-state index contributed by atoms with van der Waals surface area (Å²) >= 11 is 0. The van der Waals surface area contributed by atoms with Crippen molar-refractivity contribution in [2.75, 3.05) is 6.61 Å². The summed E-state index contributed by atoms with van der Waals surface area (Å²) in [6.45, 7) is 2.07. The average Bonchev–Trinajstić information content (AvgIpc) is 2.41. The second kappa shape index (κ2) is 7.66. The molecule has 1 aromatic rings. The van der Waals surface area contributed by atoms with Crippen LogP contribution < -0.4 is 4.74 Å². The van der Waals surface area contributed by atoms with E-state index in [1.807, 2.05) is 6.92 Å². The lowest BCUT2D eigenvalue weighted by atomic mass is 10.1. The minimum absolute atomic E-state index is 0.181. The molecule has 0 unspecified atom stereocenters. The van der Waals surface area contributed by atoms with Crippen LogP contribution in [0.1, 0.15) is 36.5 Å². The molecule has 1 aromatic carbocycles. The van der Waals surface area contributed by atoms with E-state index in [1.54, 1.807) is 0 Å². The molecule has 0 aliphatic heterocycles. The molecule has 116 valence electrons. The molecule has 0 bridgehead atoms. The molecule has 0 aromatic heterocycles. The van der Waals surface area contributed by atoms with Gasteiger partial charge in [0.25, 0.3) is 0 Å². The first-order valence-electron chi connectivity index (χ1n) is 6.37. The number of alkyl halides is 3. The fourth-order valence-electron chi connectivity index (χ4n) is 1.55. The third kappa shape index (κ3) is 6.29. The van der Waals surface area contributed by atoms with E-state index in [0.29, 0.717) is 6.42 Å². The molecule has 0 saturated carbocycles. The van der Waals surface area contributed by atoms with Crippen molar-refractivity contribution in [3.05, 3.63) is 29.8 Å². The zero-order chi connectivity index (χ0) is 15.9. The Morgan fingerprint density at radius 2 is 1.81 bits per heavy atom. The number of para-hydroxylation sites is 1. The van der Waals surface area contributed by atoms with Crippen LogP contribution in [0, 0.1) is 0 Å². The van der Waals surface area contributed by atoms with Crippen LogP contribution in [0.25, 0.3) is 0 Å². The zero-order valence-electron chi connectivity index (χ0n) is 11.4. The number of Topliss-reactive ketones (excluding diaryl/α,β-unsaturated/α-hetero) is 1. The lowest BCUT2D eigenvalue weighted by Gasteiger charge is -2.12. The van der Waals surface area contributed by atoms with Gasteiger partial charge in [0.2, 0.25) is 0 Å². The number of carbonyl (C=O) groups excluding carboxylic acids is 2. The van der Waals surface area contributed by atoms with Crippen molar-refractivity contribution >= 4 is 11.8 Å². The summed E-state index contributed by atoms with van der Waals surface area (Å²) in [4.78, 5) is 23.1. The van der Waals surface area contributed by atoms with Crippen LogP contribution in [0.5, 0.6) is 5.75 Å². The Balaban J connectivity index is 2.68. The van der Waals surface area contributed by atoms with Crippen LogP contribution in [0.3, 0.4) is 0 Å². The Labute approximate surface area is 119 Å². The molecule has 0 saturated heterocycles. The van der Waals surface area contributed by atoms with E-state index < -0.39 is 23.9 Å². The number of benzene rings is 1. The van der Waals surface area contributed by atoms with E-state index in [9.17, 15) is 22.8 Å². The van der Waals surface area contributed by atoms with Crippen molar-refractivity contribution in [1.82, 2.24) is 0 Å². The molecule has 0 N–H and O–H groups in total. The summed E-state index contributed by atoms with van der Waals surface area (Å²) in [6.07, 6.45) is -4.64. The van der Waals surface area contributed by atoms with Gasteiger partial charge in [-0.15, -0.1) is 13.2 Å². The second-order valence-electron chi connectivity index (χ2n) is 4.19. The van der Waals surface area contributed by atoms with Gasteiger partial charge in [-0.25, -0.2) is 0 Å². The molecule has 0 atom stereocenters. The van der Waals surface area contributed by atoms with Gasteiger partial charge in [-0.3, -0.25) is 9.59 Å². The van der Waals surface area contributed by atoms with Crippen LogP contribution in [-0.4, -0.2) is 24.7 Å². The van der Waals surface area contributed by atoms with Crippen molar-refractivity contribution in [1.29, 1.82) is 0 Å². The standard InChI is InChI=1S/C14H15F3O4/c1-2-9-20-13(19)8-7-11(18)10-5-3-4-6-12(10)21-14(15,16)17/h3-6H,2,7-9H2,1H3. The summed E-state index contributed by atoms with van der Waals surface area (Å²) in [6, 6.07) is 5.02. The first-order chi connectivity index (χ1) is 9.83. The highest BCUT2D eigenvalue weighted by molar-refractivity contribution is 5.99. The Bertz CT molecular complexity index is 497. The molecular formula is C14H15F3O4. The quantitative estimate of drug-likeness (QED) is 0.571. The number of hydrogen-bond donors (Lipinski definition) is 0. The lowest BCUT2D eigenvalue weighted by molar-refractivity contribution is -0.274. The Morgan fingerprint density at radius 1 is 1.14 bits per heavy atom. The van der Waals surface area contributed by atoms with Gasteiger partial charge < -0.3 is 9.47 Å². The first-order valence-corrected chi connectivity index (χ1v) is 6.37. The predicted molar refractivity (Wildman–Crippen MR) is 67.9 cm³/mol. The first kappa shape index (κ1) is 17.0. The van der Waals surface area contributed by atoms with Gasteiger partial charge in [0.05, 0.1) is 18.6 Å². The maximum atomic E-state index is 12.2. The molecule has 0 spiro atoms. The highest BCUT2D eigenvalue weighted by Gasteiger charge is 2.32. The van der Waals surface area contributed by atoms with Crippen molar-refractivity contribution in [2.24, 2.45) is 0 Å². The summed E-state index contributed by atoms with van der Waals surface area (Å²) in [7, 11) is 0. The predicted octanol–water partition coefficient (Wildman–Crippen LogP) is 3.50. The molecule has 0 amide bonds. The number of hydrogen-bond acceptors (Lipinski definition) is 4. The number of ketones is 1. The van der Waals surface area contributed by atoms with Gasteiger partial charge in [-0.05, 0) is 18.6 Å². The molecule has 1 rings (SSSR count). The SMILES string of the molecule is CCCOC(=O)CCC(=O)c1ccccc1OC(F)(F)F. The van der Waals surface area contributed by atoms with Crippen molar-refractivity contribution in [3.8, 4) is 5.75 Å². The monoisotopic (exact) mass is 304 g/mol. The maximum Gasteiger partial charge on any atom is 0.573 e. The van der Waals surface area contributed by atoms with Gasteiger partial charge in [-0.1, -0.05) is 19.1 Å². The van der Waals surface area contributed by atoms with Gasteiger partial charge in [0, 0.05) is 6.42 Å². The lowest BCUT2D eigenvalue weighted by Crippen LogP contribution is -2.19. The van der Waals surface area contributed by atoms with Gasteiger partial charge in [0.15, 0.2) is 5.78 Å². The highest BCUT2D eigenvalue weighted by atomic mass is 19.4. The van der Waals surface area contributed by atoms with Crippen molar-refractivity contribution in [2.45, 2.75) is 32.5 Å². The number of carbonyl (C=O) groups is 2. The molecular weight excluding hydrogens is 289 g/mol. The molecule has 0 aliphatic rings. The van der Waals surface area contributed by atoms with Gasteiger partial charge >= 0.3 is 12.3 Å². The molecule has 21 heavy (non-hydrogen) atoms. The minimum Gasteiger partial charge on any atom is -0.466 e. The van der Waals surface area contributed by atoms with Gasteiger partial charge in [0.1, 0.15) is 5.75 Å². The Hall–Kier alpha value is -2.05. The number of rotatable bonds is 7. The topological polar surface area (TPSA) is 52.6 Å². The van der Waals surface area contributed by atoms with Crippen molar-refractivity contribution < 1.29 is 32.2 Å². The Kier molecular flexibility index (Phi) is 6.20. The van der Waals surface area contributed by atoms with E-state index in [1.165, 1.54) is 18.2 Å². The summed E-state index contributed by atoms with van der Waals surface area (Å²) in [5.41, 5.74) is -0.210. The molecule has 4 nitrogen and oxygen atoms in total. The van der Waals surface area contributed by atoms with Crippen LogP contribution in [0.4, 0.5) is 13.2 Å². The summed E-state index contributed by atoms with van der Waals surface area (Å²) in [5, 5.41) is 0. The third-order valence-corrected chi connectivity index (χ3v) is 2.44. The fraction of sp³-hybridized carbons (Fsp3) is 0.429. The smallest absolute Gasteiger partial charge is 0.466 e. The van der Waals surface area contributed by atoms with E-state index >= 15 is 0 Å². The van der Waals surface area contributed by atoms with Gasteiger partial charge in [-0.2, -0.15) is 0 Å². The molecule has 7 heteroatoms. The normalized spacial score (nSPS) is 11.0. The summed E-state index contributed by atoms with van der Waals surface area (Å²) in [5.74, 6) is -1.74. The van der Waals surface area contributed by atoms with Crippen LogP contribution in [0.15, 0.2) is 24.3 Å². The van der Waals surface area contributed by atoms with E-state index in [2.05, 4.69) is 4.74 Å². The summed E-state index contributed by atoms with van der Waals surface area (Å²) < 4.78 is 45.3. The average molecular weight is 304 g/mol. The molecule has 0 heterocycles. The zero-order valence-corrected chi connectivity index (χ0v) is 11.4. The number of esters is 1. The van der Waals surface area contributed by atoms with E-state index in [-0.39, 0.29) is 25.0 Å². The van der Waals surface area contributed by atoms with Crippen LogP contribution in [-0.2, 0) is 9.53 Å². The Morgan fingerprint density at radius 3 is 2.43 bits per heavy atom.